The van der Waals surface area contributed by atoms with E-state index in [1.807, 2.05) is 17.2 Å². The molecule has 23 heavy (non-hydrogen) atoms. The molecule has 1 aromatic carbocycles. The first-order chi connectivity index (χ1) is 11.2. The number of carbonyl (C=O) groups excluding carboxylic acids is 1. The lowest BCUT2D eigenvalue weighted by Crippen LogP contribution is -2.48. The molecule has 0 spiro atoms. The van der Waals surface area contributed by atoms with Gasteiger partial charge in [-0.25, -0.2) is 4.98 Å². The summed E-state index contributed by atoms with van der Waals surface area (Å²) in [5.74, 6) is 0.117. The summed E-state index contributed by atoms with van der Waals surface area (Å²) in [5, 5.41) is 1.15. The van der Waals surface area contributed by atoms with Crippen molar-refractivity contribution in [3.63, 3.8) is 0 Å². The van der Waals surface area contributed by atoms with Crippen LogP contribution < -0.4 is 0 Å². The smallest absolute Gasteiger partial charge is 0.237 e. The van der Waals surface area contributed by atoms with Gasteiger partial charge in [-0.2, -0.15) is 0 Å². The van der Waals surface area contributed by atoms with Crippen molar-refractivity contribution in [2.75, 3.05) is 32.1 Å². The molecule has 122 valence electrons. The van der Waals surface area contributed by atoms with Crippen LogP contribution in [0, 0.1) is 0 Å². The van der Waals surface area contributed by atoms with Crippen molar-refractivity contribution in [2.24, 2.45) is 0 Å². The Kier molecular flexibility index (Phi) is 5.65. The Hall–Kier alpha value is -1.43. The average molecular weight is 350 g/mol. The van der Waals surface area contributed by atoms with Crippen LogP contribution in [-0.2, 0) is 17.8 Å². The lowest BCUT2D eigenvalue weighted by atomic mass is 10.2. The summed E-state index contributed by atoms with van der Waals surface area (Å²) in [6.45, 7) is 4.24. The maximum atomic E-state index is 11.6. The lowest BCUT2D eigenvalue weighted by molar-refractivity contribution is -0.130. The first-order valence-corrected chi connectivity index (χ1v) is 9.13. The zero-order valence-corrected chi connectivity index (χ0v) is 14.5. The van der Waals surface area contributed by atoms with Gasteiger partial charge in [0, 0.05) is 50.2 Å². The zero-order valence-electron chi connectivity index (χ0n) is 12.9. The van der Waals surface area contributed by atoms with E-state index >= 15 is 0 Å². The van der Waals surface area contributed by atoms with Gasteiger partial charge in [0.1, 0.15) is 5.88 Å². The molecule has 0 N–H and O–H groups in total. The molecule has 0 aliphatic carbocycles. The normalized spacial score (nSPS) is 15.8. The molecule has 3 rings (SSSR count). The Morgan fingerprint density at radius 3 is 2.61 bits per heavy atom. The summed E-state index contributed by atoms with van der Waals surface area (Å²) in [6, 6.07) is 10.4. The molecule has 6 heteroatoms. The first kappa shape index (κ1) is 16.4. The summed E-state index contributed by atoms with van der Waals surface area (Å²) in [6.07, 6.45) is 2.88. The van der Waals surface area contributed by atoms with Gasteiger partial charge in [0.25, 0.3) is 0 Å². The minimum Gasteiger partial charge on any atom is -0.339 e. The Labute approximate surface area is 145 Å². The molecule has 1 saturated heterocycles. The summed E-state index contributed by atoms with van der Waals surface area (Å²) in [5.41, 5.74) is 1.29. The van der Waals surface area contributed by atoms with Crippen LogP contribution in [0.3, 0.4) is 0 Å². The molecule has 0 radical (unpaired) electrons. The van der Waals surface area contributed by atoms with Gasteiger partial charge in [-0.05, 0) is 5.56 Å². The molecule has 4 nitrogen and oxygen atoms in total. The minimum atomic E-state index is 0.0363. The third-order valence-corrected chi connectivity index (χ3v) is 5.23. The second kappa shape index (κ2) is 7.90. The van der Waals surface area contributed by atoms with Crippen molar-refractivity contribution in [3.8, 4) is 0 Å². The maximum absolute atomic E-state index is 11.6. The third-order valence-electron chi connectivity index (χ3n) is 4.02. The molecule has 0 atom stereocenters. The van der Waals surface area contributed by atoms with Crippen LogP contribution in [0.4, 0.5) is 0 Å². The van der Waals surface area contributed by atoms with Gasteiger partial charge in [-0.3, -0.25) is 9.69 Å². The summed E-state index contributed by atoms with van der Waals surface area (Å²) >= 11 is 7.39. The highest BCUT2D eigenvalue weighted by Gasteiger charge is 2.20. The van der Waals surface area contributed by atoms with Crippen LogP contribution in [0.25, 0.3) is 0 Å². The molecule has 2 heterocycles. The van der Waals surface area contributed by atoms with Crippen molar-refractivity contribution >= 4 is 28.8 Å². The summed E-state index contributed by atoms with van der Waals surface area (Å²) < 4.78 is 0. The number of hydrogen-bond donors (Lipinski definition) is 0. The van der Waals surface area contributed by atoms with Crippen molar-refractivity contribution in [1.82, 2.24) is 14.8 Å². The van der Waals surface area contributed by atoms with E-state index in [1.54, 1.807) is 11.3 Å². The Bertz CT molecular complexity index is 638. The third kappa shape index (κ3) is 4.53. The van der Waals surface area contributed by atoms with E-state index in [0.29, 0.717) is 0 Å². The molecule has 0 unspecified atom stereocenters. The fraction of sp³-hybridized carbons (Fsp3) is 0.412. The number of piperazine rings is 1. The Morgan fingerprint density at radius 1 is 1.17 bits per heavy atom. The number of amides is 1. The number of aromatic nitrogens is 1. The minimum absolute atomic E-state index is 0.0363. The second-order valence-electron chi connectivity index (χ2n) is 5.67. The standard InChI is InChI=1S/C17H20ClN3OS/c18-11-17(22)21-8-6-20(7-9-21)13-15-12-19-16(23-15)10-14-4-2-1-3-5-14/h1-5,12H,6-11,13H2. The van der Waals surface area contributed by atoms with Crippen molar-refractivity contribution < 1.29 is 4.79 Å². The van der Waals surface area contributed by atoms with E-state index in [-0.39, 0.29) is 11.8 Å². The fourth-order valence-corrected chi connectivity index (χ4v) is 3.90. The van der Waals surface area contributed by atoms with Gasteiger partial charge in [0.2, 0.25) is 5.91 Å². The van der Waals surface area contributed by atoms with Crippen LogP contribution in [0.15, 0.2) is 36.5 Å². The Morgan fingerprint density at radius 2 is 1.91 bits per heavy atom. The molecule has 0 bridgehead atoms. The number of nitrogens with zero attached hydrogens (tertiary/aromatic N) is 3. The fourth-order valence-electron chi connectivity index (χ4n) is 2.73. The second-order valence-corrected chi connectivity index (χ2v) is 7.14. The number of thiazole rings is 1. The topological polar surface area (TPSA) is 36.4 Å². The highest BCUT2D eigenvalue weighted by molar-refractivity contribution is 7.11. The lowest BCUT2D eigenvalue weighted by Gasteiger charge is -2.34. The molecule has 0 saturated carbocycles. The molecule has 2 aromatic rings. The maximum Gasteiger partial charge on any atom is 0.237 e. The molecular formula is C17H20ClN3OS. The SMILES string of the molecule is O=C(CCl)N1CCN(Cc2cnc(Cc3ccccc3)s2)CC1. The molecule has 1 aromatic heterocycles. The number of rotatable bonds is 5. The summed E-state index contributed by atoms with van der Waals surface area (Å²) in [4.78, 5) is 21.6. The monoisotopic (exact) mass is 349 g/mol. The number of carbonyl (C=O) groups is 1. The molecule has 1 fully saturated rings. The van der Waals surface area contributed by atoms with Gasteiger partial charge in [0.05, 0.1) is 5.01 Å². The van der Waals surface area contributed by atoms with Crippen molar-refractivity contribution in [2.45, 2.75) is 13.0 Å². The van der Waals surface area contributed by atoms with E-state index in [0.717, 1.165) is 44.2 Å². The highest BCUT2D eigenvalue weighted by atomic mass is 35.5. The first-order valence-electron chi connectivity index (χ1n) is 7.78. The number of halogens is 1. The molecule has 1 aliphatic rings. The number of hydrogen-bond acceptors (Lipinski definition) is 4. The molecule has 1 aliphatic heterocycles. The average Bonchev–Trinajstić information content (AvgIpc) is 3.02. The van der Waals surface area contributed by atoms with Gasteiger partial charge < -0.3 is 4.90 Å². The predicted octanol–water partition coefficient (Wildman–Crippen LogP) is 2.62. The van der Waals surface area contributed by atoms with Gasteiger partial charge >= 0.3 is 0 Å². The van der Waals surface area contributed by atoms with E-state index in [2.05, 4.69) is 34.1 Å². The van der Waals surface area contributed by atoms with Crippen LogP contribution >= 0.6 is 22.9 Å². The summed E-state index contributed by atoms with van der Waals surface area (Å²) in [7, 11) is 0. The van der Waals surface area contributed by atoms with Crippen LogP contribution in [0.1, 0.15) is 15.4 Å². The predicted molar refractivity (Wildman–Crippen MR) is 93.9 cm³/mol. The number of benzene rings is 1. The van der Waals surface area contributed by atoms with Gasteiger partial charge in [-0.1, -0.05) is 30.3 Å². The highest BCUT2D eigenvalue weighted by Crippen LogP contribution is 2.19. The van der Waals surface area contributed by atoms with Crippen molar-refractivity contribution in [1.29, 1.82) is 0 Å². The van der Waals surface area contributed by atoms with Gasteiger partial charge in [0.15, 0.2) is 0 Å². The van der Waals surface area contributed by atoms with E-state index in [4.69, 9.17) is 11.6 Å². The Balaban J connectivity index is 1.51. The van der Waals surface area contributed by atoms with Crippen LogP contribution in [-0.4, -0.2) is 52.8 Å². The van der Waals surface area contributed by atoms with Gasteiger partial charge in [-0.15, -0.1) is 22.9 Å². The van der Waals surface area contributed by atoms with Crippen LogP contribution in [0.5, 0.6) is 0 Å². The van der Waals surface area contributed by atoms with Crippen molar-refractivity contribution in [3.05, 3.63) is 52.0 Å². The van der Waals surface area contributed by atoms with E-state index in [9.17, 15) is 4.79 Å². The van der Waals surface area contributed by atoms with E-state index < -0.39 is 0 Å². The quantitative estimate of drug-likeness (QED) is 0.778. The molecule has 1 amide bonds. The largest absolute Gasteiger partial charge is 0.339 e. The zero-order chi connectivity index (χ0) is 16.1. The molecular weight excluding hydrogens is 330 g/mol. The van der Waals surface area contributed by atoms with Crippen LogP contribution in [0.2, 0.25) is 0 Å². The number of alkyl halides is 1. The van der Waals surface area contributed by atoms with E-state index in [1.165, 1.54) is 10.4 Å².